The van der Waals surface area contributed by atoms with Gasteiger partial charge in [0.2, 0.25) is 0 Å². The van der Waals surface area contributed by atoms with Gasteiger partial charge >= 0.3 is 6.18 Å². The summed E-state index contributed by atoms with van der Waals surface area (Å²) in [6, 6.07) is 4.40. The van der Waals surface area contributed by atoms with E-state index in [0.29, 0.717) is 92.4 Å². The maximum atomic E-state index is 13.6. The third-order valence-corrected chi connectivity index (χ3v) is 6.14. The summed E-state index contributed by atoms with van der Waals surface area (Å²) in [6.07, 6.45) is -4.47. The highest BCUT2D eigenvalue weighted by Gasteiger charge is 2.33. The second-order valence-electron chi connectivity index (χ2n) is 8.19. The van der Waals surface area contributed by atoms with Crippen LogP contribution in [-0.2, 0) is 10.9 Å². The molecule has 0 amide bonds. The van der Waals surface area contributed by atoms with Crippen molar-refractivity contribution in [2.24, 2.45) is 0 Å². The van der Waals surface area contributed by atoms with Gasteiger partial charge in [-0.1, -0.05) is 0 Å². The molecule has 0 unspecified atom stereocenters. The first-order valence-corrected chi connectivity index (χ1v) is 10.8. The maximum Gasteiger partial charge on any atom is 0.416 e. The fourth-order valence-corrected chi connectivity index (χ4v) is 4.14. The highest BCUT2D eigenvalue weighted by atomic mass is 19.4. The van der Waals surface area contributed by atoms with Crippen molar-refractivity contribution in [3.05, 3.63) is 34.5 Å². The summed E-state index contributed by atoms with van der Waals surface area (Å²) in [5.41, 5.74) is 7.58. The largest absolute Gasteiger partial charge is 0.416 e. The SMILES string of the molecule is Cc1nc(N2CCN(c3cc(C(F)(F)F)cc(N4CCOCC4)n3)CC2)c(C#N)c(C)c1N. The molecule has 2 aliphatic heterocycles. The van der Waals surface area contributed by atoms with Gasteiger partial charge in [-0.3, -0.25) is 0 Å². The van der Waals surface area contributed by atoms with Gasteiger partial charge in [-0.2, -0.15) is 18.4 Å². The summed E-state index contributed by atoms with van der Waals surface area (Å²) in [5.74, 6) is 1.17. The number of nitrogens with two attached hydrogens (primary N) is 1. The molecule has 0 radical (unpaired) electrons. The van der Waals surface area contributed by atoms with Gasteiger partial charge in [-0.05, 0) is 31.5 Å². The number of alkyl halides is 3. The number of ether oxygens (including phenoxy) is 1. The van der Waals surface area contributed by atoms with Crippen molar-refractivity contribution >= 4 is 23.1 Å². The van der Waals surface area contributed by atoms with Gasteiger partial charge in [-0.25, -0.2) is 9.97 Å². The molecule has 2 N–H and O–H groups in total. The molecule has 176 valence electrons. The monoisotopic (exact) mass is 461 g/mol. The molecule has 2 aromatic heterocycles. The second-order valence-corrected chi connectivity index (χ2v) is 8.19. The van der Waals surface area contributed by atoms with Gasteiger partial charge in [0.15, 0.2) is 0 Å². The molecule has 2 saturated heterocycles. The van der Waals surface area contributed by atoms with Gasteiger partial charge < -0.3 is 25.2 Å². The van der Waals surface area contributed by atoms with Gasteiger partial charge in [0.05, 0.1) is 35.7 Å². The van der Waals surface area contributed by atoms with Gasteiger partial charge in [0.1, 0.15) is 23.5 Å². The number of hydrogen-bond donors (Lipinski definition) is 1. The van der Waals surface area contributed by atoms with Crippen LogP contribution in [0.3, 0.4) is 0 Å². The average molecular weight is 461 g/mol. The van der Waals surface area contributed by atoms with Crippen LogP contribution in [0.15, 0.2) is 12.1 Å². The molecular formula is C22H26F3N7O. The average Bonchev–Trinajstić information content (AvgIpc) is 2.82. The van der Waals surface area contributed by atoms with Crippen molar-refractivity contribution in [1.82, 2.24) is 9.97 Å². The Bertz CT molecular complexity index is 1070. The van der Waals surface area contributed by atoms with Crippen molar-refractivity contribution in [2.45, 2.75) is 20.0 Å². The number of nitrogens with zero attached hydrogens (tertiary/aromatic N) is 6. The fourth-order valence-electron chi connectivity index (χ4n) is 4.14. The first kappa shape index (κ1) is 22.9. The van der Waals surface area contributed by atoms with E-state index in [1.807, 2.05) is 14.7 Å². The third-order valence-electron chi connectivity index (χ3n) is 6.14. The Balaban J connectivity index is 1.58. The smallest absolute Gasteiger partial charge is 0.397 e. The van der Waals surface area contributed by atoms with E-state index in [4.69, 9.17) is 10.5 Å². The molecular weight excluding hydrogens is 435 g/mol. The fraction of sp³-hybridized carbons (Fsp3) is 0.500. The molecule has 8 nitrogen and oxygen atoms in total. The highest BCUT2D eigenvalue weighted by molar-refractivity contribution is 5.67. The number of nitrogen functional groups attached to an aromatic ring is 1. The van der Waals surface area contributed by atoms with Crippen molar-refractivity contribution in [2.75, 3.05) is 72.9 Å². The zero-order valence-corrected chi connectivity index (χ0v) is 18.6. The lowest BCUT2D eigenvalue weighted by atomic mass is 10.1. The van der Waals surface area contributed by atoms with E-state index in [0.717, 1.165) is 12.1 Å². The van der Waals surface area contributed by atoms with Crippen LogP contribution in [0.2, 0.25) is 0 Å². The van der Waals surface area contributed by atoms with Crippen LogP contribution in [0.4, 0.5) is 36.3 Å². The van der Waals surface area contributed by atoms with Gasteiger partial charge in [-0.15, -0.1) is 0 Å². The molecule has 0 atom stereocenters. The molecule has 2 aromatic rings. The van der Waals surface area contributed by atoms with Crippen LogP contribution < -0.4 is 20.4 Å². The molecule has 11 heteroatoms. The first-order chi connectivity index (χ1) is 15.7. The van der Waals surface area contributed by atoms with Crippen molar-refractivity contribution < 1.29 is 17.9 Å². The number of hydrogen-bond acceptors (Lipinski definition) is 8. The van der Waals surface area contributed by atoms with Crippen LogP contribution in [0.1, 0.15) is 22.4 Å². The quantitative estimate of drug-likeness (QED) is 0.746. The Hall–Kier alpha value is -3.26. The number of rotatable bonds is 3. The number of anilines is 4. The first-order valence-electron chi connectivity index (χ1n) is 10.8. The van der Waals surface area contributed by atoms with Crippen LogP contribution in [0.25, 0.3) is 0 Å². The minimum atomic E-state index is -4.47. The number of morpholine rings is 1. The van der Waals surface area contributed by atoms with Crippen molar-refractivity contribution in [3.8, 4) is 6.07 Å². The Morgan fingerprint density at radius 1 is 0.939 bits per heavy atom. The molecule has 0 saturated carbocycles. The van der Waals surface area contributed by atoms with Crippen LogP contribution >= 0.6 is 0 Å². The number of piperazine rings is 1. The van der Waals surface area contributed by atoms with Crippen LogP contribution in [0.5, 0.6) is 0 Å². The summed E-state index contributed by atoms with van der Waals surface area (Å²) in [5, 5.41) is 9.62. The van der Waals surface area contributed by atoms with Crippen molar-refractivity contribution in [3.63, 3.8) is 0 Å². The van der Waals surface area contributed by atoms with Gasteiger partial charge in [0, 0.05) is 39.3 Å². The predicted molar refractivity (Wildman–Crippen MR) is 120 cm³/mol. The number of nitriles is 1. The molecule has 0 aromatic carbocycles. The highest BCUT2D eigenvalue weighted by Crippen LogP contribution is 2.35. The molecule has 0 spiro atoms. The maximum absolute atomic E-state index is 13.6. The van der Waals surface area contributed by atoms with Gasteiger partial charge in [0.25, 0.3) is 0 Å². The van der Waals surface area contributed by atoms with E-state index in [1.54, 1.807) is 13.8 Å². The Morgan fingerprint density at radius 3 is 2.03 bits per heavy atom. The van der Waals surface area contributed by atoms with E-state index in [2.05, 4.69) is 16.0 Å². The Morgan fingerprint density at radius 2 is 1.48 bits per heavy atom. The predicted octanol–water partition coefficient (Wildman–Crippen LogP) is 2.73. The summed E-state index contributed by atoms with van der Waals surface area (Å²) in [6.45, 7) is 7.40. The summed E-state index contributed by atoms with van der Waals surface area (Å²) < 4.78 is 46.1. The zero-order chi connectivity index (χ0) is 23.8. The molecule has 4 heterocycles. The molecule has 2 aliphatic rings. The number of pyridine rings is 2. The van der Waals surface area contributed by atoms with E-state index in [-0.39, 0.29) is 0 Å². The number of aromatic nitrogens is 2. The topological polar surface area (TPSA) is 94.5 Å². The molecule has 0 aliphatic carbocycles. The van der Waals surface area contributed by atoms with E-state index in [1.165, 1.54) is 0 Å². The van der Waals surface area contributed by atoms with Crippen LogP contribution in [0, 0.1) is 25.2 Å². The Labute approximate surface area is 190 Å². The van der Waals surface area contributed by atoms with E-state index >= 15 is 0 Å². The molecule has 0 bridgehead atoms. The third kappa shape index (κ3) is 4.61. The zero-order valence-electron chi connectivity index (χ0n) is 18.6. The molecule has 2 fully saturated rings. The lowest BCUT2D eigenvalue weighted by Gasteiger charge is -2.37. The van der Waals surface area contributed by atoms with E-state index in [9.17, 15) is 18.4 Å². The lowest BCUT2D eigenvalue weighted by molar-refractivity contribution is -0.137. The molecule has 4 rings (SSSR count). The standard InChI is InChI=1S/C22H26F3N7O/c1-14-17(13-26)21(28-15(2)20(14)27)32-5-3-30(4-6-32)18-11-16(22(23,24)25)12-19(29-18)31-7-9-33-10-8-31/h11-12H,3-10,27H2,1-2H3. The van der Waals surface area contributed by atoms with Crippen molar-refractivity contribution in [1.29, 1.82) is 5.26 Å². The van der Waals surface area contributed by atoms with Crippen LogP contribution in [-0.4, -0.2) is 62.5 Å². The number of halogens is 3. The van der Waals surface area contributed by atoms with E-state index < -0.39 is 11.7 Å². The lowest BCUT2D eigenvalue weighted by Crippen LogP contribution is -2.47. The summed E-state index contributed by atoms with van der Waals surface area (Å²) in [4.78, 5) is 14.7. The molecule has 33 heavy (non-hydrogen) atoms. The minimum absolute atomic E-state index is 0.295. The summed E-state index contributed by atoms with van der Waals surface area (Å²) >= 11 is 0. The summed E-state index contributed by atoms with van der Waals surface area (Å²) in [7, 11) is 0. The number of aryl methyl sites for hydroxylation is 1. The second kappa shape index (κ2) is 8.94. The normalized spacial score (nSPS) is 17.3. The minimum Gasteiger partial charge on any atom is -0.397 e. The Kier molecular flexibility index (Phi) is 6.21.